The predicted octanol–water partition coefficient (Wildman–Crippen LogP) is 2.99. The number of carbonyl (C=O) groups excluding carboxylic acids is 1. The summed E-state index contributed by atoms with van der Waals surface area (Å²) >= 11 is 1.40. The molecule has 2 heterocycles. The third kappa shape index (κ3) is 3.48. The monoisotopic (exact) mass is 381 g/mol. The van der Waals surface area contributed by atoms with Gasteiger partial charge in [0.15, 0.2) is 0 Å². The summed E-state index contributed by atoms with van der Waals surface area (Å²) < 4.78 is 7.07. The Bertz CT molecular complexity index is 942. The van der Waals surface area contributed by atoms with Gasteiger partial charge >= 0.3 is 0 Å². The third-order valence-corrected chi connectivity index (χ3v) is 5.59. The van der Waals surface area contributed by atoms with Crippen molar-refractivity contribution in [2.75, 3.05) is 17.9 Å². The number of ether oxygens (including phenoxy) is 1. The summed E-state index contributed by atoms with van der Waals surface area (Å²) in [5.74, 6) is 1.43. The number of carbonyl (C=O) groups is 1. The van der Waals surface area contributed by atoms with E-state index in [9.17, 15) is 4.79 Å². The maximum absolute atomic E-state index is 13.0. The van der Waals surface area contributed by atoms with Crippen molar-refractivity contribution < 1.29 is 9.53 Å². The molecule has 0 saturated carbocycles. The largest absolute Gasteiger partial charge is 0.497 e. The van der Waals surface area contributed by atoms with Crippen molar-refractivity contribution in [3.8, 4) is 5.75 Å². The number of methoxy groups -OCH3 is 1. The number of fused-ring (bicyclic) bond motifs is 1. The number of rotatable bonds is 4. The standard InChI is InChI=1S/C19H19N5O2S/c1-12-21-22-19-24(12)23-16(13-8-10-15(26-2)11-9-13)17(27-19)18(25)20-14-6-4-3-5-7-14/h3-11,16-17,23H,1-2H3,(H,20,25)/t16-,17-/m1/s1. The molecule has 1 aromatic heterocycles. The van der Waals surface area contributed by atoms with Gasteiger partial charge in [0.05, 0.1) is 13.2 Å². The molecule has 2 atom stereocenters. The molecule has 8 heteroatoms. The van der Waals surface area contributed by atoms with Crippen LogP contribution in [0.2, 0.25) is 0 Å². The molecule has 0 radical (unpaired) electrons. The van der Waals surface area contributed by atoms with E-state index in [0.29, 0.717) is 5.16 Å². The molecule has 1 amide bonds. The van der Waals surface area contributed by atoms with Crippen LogP contribution in [-0.4, -0.2) is 33.1 Å². The summed E-state index contributed by atoms with van der Waals surface area (Å²) in [6.45, 7) is 1.87. The lowest BCUT2D eigenvalue weighted by Crippen LogP contribution is -2.41. The van der Waals surface area contributed by atoms with Crippen LogP contribution in [0.1, 0.15) is 17.4 Å². The average Bonchev–Trinajstić information content (AvgIpc) is 3.08. The summed E-state index contributed by atoms with van der Waals surface area (Å²) in [5.41, 5.74) is 5.13. The smallest absolute Gasteiger partial charge is 0.240 e. The highest BCUT2D eigenvalue weighted by Gasteiger charge is 2.37. The van der Waals surface area contributed by atoms with Gasteiger partial charge in [0.2, 0.25) is 11.1 Å². The van der Waals surface area contributed by atoms with E-state index in [1.165, 1.54) is 11.8 Å². The normalized spacial score (nSPS) is 18.3. The summed E-state index contributed by atoms with van der Waals surface area (Å²) in [5, 5.41) is 11.5. The minimum atomic E-state index is -0.408. The molecule has 7 nitrogen and oxygen atoms in total. The first-order chi connectivity index (χ1) is 13.2. The quantitative estimate of drug-likeness (QED) is 0.723. The molecule has 0 saturated heterocycles. The Morgan fingerprint density at radius 2 is 1.89 bits per heavy atom. The molecule has 0 unspecified atom stereocenters. The first-order valence-corrected chi connectivity index (χ1v) is 9.39. The van der Waals surface area contributed by atoms with Gasteiger partial charge in [-0.05, 0) is 36.8 Å². The zero-order chi connectivity index (χ0) is 18.8. The second-order valence-electron chi connectivity index (χ2n) is 6.14. The molecule has 0 fully saturated rings. The number of hydrogen-bond acceptors (Lipinski definition) is 6. The van der Waals surface area contributed by atoms with Gasteiger partial charge in [-0.25, -0.2) is 4.68 Å². The van der Waals surface area contributed by atoms with Gasteiger partial charge in [-0.15, -0.1) is 10.2 Å². The molecular weight excluding hydrogens is 362 g/mol. The number of aromatic nitrogens is 3. The second kappa shape index (κ2) is 7.32. The Balaban J connectivity index is 1.66. The fraction of sp³-hybridized carbons (Fsp3) is 0.211. The van der Waals surface area contributed by atoms with Crippen LogP contribution in [0.25, 0.3) is 0 Å². The van der Waals surface area contributed by atoms with Crippen LogP contribution in [0.5, 0.6) is 5.75 Å². The molecule has 0 aliphatic carbocycles. The number of nitrogens with zero attached hydrogens (tertiary/aromatic N) is 3. The SMILES string of the molecule is COc1ccc([C@H]2Nn3c(C)nnc3S[C@H]2C(=O)Nc2ccccc2)cc1. The van der Waals surface area contributed by atoms with E-state index in [1.807, 2.05) is 66.2 Å². The number of hydrogen-bond donors (Lipinski definition) is 2. The number of nitrogens with one attached hydrogen (secondary N) is 2. The minimum absolute atomic E-state index is 0.0913. The molecule has 1 aliphatic rings. The van der Waals surface area contributed by atoms with Crippen molar-refractivity contribution >= 4 is 23.4 Å². The van der Waals surface area contributed by atoms with Gasteiger partial charge < -0.3 is 15.5 Å². The fourth-order valence-electron chi connectivity index (χ4n) is 2.96. The summed E-state index contributed by atoms with van der Waals surface area (Å²) in [6.07, 6.45) is 0. The zero-order valence-electron chi connectivity index (χ0n) is 14.9. The Hall–Kier alpha value is -3.00. The topological polar surface area (TPSA) is 81.1 Å². The van der Waals surface area contributed by atoms with E-state index in [-0.39, 0.29) is 11.9 Å². The molecular formula is C19H19N5O2S. The zero-order valence-corrected chi connectivity index (χ0v) is 15.7. The predicted molar refractivity (Wildman–Crippen MR) is 105 cm³/mol. The molecule has 138 valence electrons. The first kappa shape index (κ1) is 17.4. The van der Waals surface area contributed by atoms with Crippen LogP contribution in [-0.2, 0) is 4.79 Å². The second-order valence-corrected chi connectivity index (χ2v) is 7.25. The van der Waals surface area contributed by atoms with Crippen molar-refractivity contribution in [1.82, 2.24) is 14.9 Å². The lowest BCUT2D eigenvalue weighted by atomic mass is 10.0. The lowest BCUT2D eigenvalue weighted by Gasteiger charge is -2.32. The van der Waals surface area contributed by atoms with Crippen LogP contribution in [0, 0.1) is 6.92 Å². The molecule has 1 aliphatic heterocycles. The maximum atomic E-state index is 13.0. The van der Waals surface area contributed by atoms with Crippen molar-refractivity contribution in [1.29, 1.82) is 0 Å². The van der Waals surface area contributed by atoms with Gasteiger partial charge in [0, 0.05) is 5.69 Å². The molecule has 27 heavy (non-hydrogen) atoms. The molecule has 0 spiro atoms. The summed E-state index contributed by atoms with van der Waals surface area (Å²) in [4.78, 5) is 13.0. The lowest BCUT2D eigenvalue weighted by molar-refractivity contribution is -0.116. The highest BCUT2D eigenvalue weighted by atomic mass is 32.2. The van der Waals surface area contributed by atoms with E-state index in [0.717, 1.165) is 22.8 Å². The van der Waals surface area contributed by atoms with Crippen LogP contribution in [0.4, 0.5) is 5.69 Å². The van der Waals surface area contributed by atoms with E-state index in [1.54, 1.807) is 7.11 Å². The van der Waals surface area contributed by atoms with Crippen molar-refractivity contribution in [3.05, 3.63) is 66.0 Å². The Labute approximate surface area is 161 Å². The van der Waals surface area contributed by atoms with Gasteiger partial charge in [-0.1, -0.05) is 42.1 Å². The Morgan fingerprint density at radius 1 is 1.15 bits per heavy atom. The molecule has 0 bridgehead atoms. The number of benzene rings is 2. The van der Waals surface area contributed by atoms with Crippen LogP contribution in [0.3, 0.4) is 0 Å². The van der Waals surface area contributed by atoms with E-state index in [4.69, 9.17) is 4.74 Å². The van der Waals surface area contributed by atoms with Gasteiger partial charge in [-0.2, -0.15) is 0 Å². The van der Waals surface area contributed by atoms with Crippen LogP contribution < -0.4 is 15.5 Å². The number of amides is 1. The highest BCUT2D eigenvalue weighted by Crippen LogP contribution is 2.37. The van der Waals surface area contributed by atoms with Crippen molar-refractivity contribution in [2.24, 2.45) is 0 Å². The third-order valence-electron chi connectivity index (χ3n) is 4.37. The van der Waals surface area contributed by atoms with Crippen molar-refractivity contribution in [3.63, 3.8) is 0 Å². The Morgan fingerprint density at radius 3 is 2.59 bits per heavy atom. The molecule has 3 aromatic rings. The molecule has 4 rings (SSSR count). The first-order valence-electron chi connectivity index (χ1n) is 8.51. The number of anilines is 1. The van der Waals surface area contributed by atoms with Gasteiger partial charge in [-0.3, -0.25) is 4.79 Å². The van der Waals surface area contributed by atoms with E-state index >= 15 is 0 Å². The van der Waals surface area contributed by atoms with Gasteiger partial charge in [0.25, 0.3) is 0 Å². The van der Waals surface area contributed by atoms with Crippen molar-refractivity contribution in [2.45, 2.75) is 23.4 Å². The summed E-state index contributed by atoms with van der Waals surface area (Å²) in [7, 11) is 1.63. The minimum Gasteiger partial charge on any atom is -0.497 e. The maximum Gasteiger partial charge on any atom is 0.240 e. The number of aryl methyl sites for hydroxylation is 1. The van der Waals surface area contributed by atoms with E-state index in [2.05, 4.69) is 20.9 Å². The Kier molecular flexibility index (Phi) is 4.72. The van der Waals surface area contributed by atoms with Crippen LogP contribution in [0.15, 0.2) is 59.8 Å². The highest BCUT2D eigenvalue weighted by molar-refractivity contribution is 8.00. The van der Waals surface area contributed by atoms with Gasteiger partial charge in [0.1, 0.15) is 16.8 Å². The number of para-hydroxylation sites is 1. The average molecular weight is 381 g/mol. The molecule has 2 N–H and O–H groups in total. The van der Waals surface area contributed by atoms with Crippen LogP contribution >= 0.6 is 11.8 Å². The summed E-state index contributed by atoms with van der Waals surface area (Å²) in [6, 6.07) is 16.9. The van der Waals surface area contributed by atoms with E-state index < -0.39 is 5.25 Å². The number of thioether (sulfide) groups is 1. The molecule has 2 aromatic carbocycles. The fourth-order valence-corrected chi connectivity index (χ4v) is 4.08.